The van der Waals surface area contributed by atoms with E-state index in [0.717, 1.165) is 11.3 Å². The van der Waals surface area contributed by atoms with E-state index in [4.69, 9.17) is 4.74 Å². The molecule has 0 saturated carbocycles. The maximum absolute atomic E-state index is 11.3. The average Bonchev–Trinajstić information content (AvgIpc) is 2.54. The Balaban J connectivity index is 1.85. The first-order valence-corrected chi connectivity index (χ1v) is 7.82. The van der Waals surface area contributed by atoms with Crippen LogP contribution >= 0.6 is 0 Å². The number of hydrogen-bond acceptors (Lipinski definition) is 3. The fraction of sp³-hybridized carbons (Fsp3) is 0.316. The van der Waals surface area contributed by atoms with Gasteiger partial charge in [0.1, 0.15) is 0 Å². The van der Waals surface area contributed by atoms with Gasteiger partial charge in [0.05, 0.1) is 24.3 Å². The third-order valence-corrected chi connectivity index (χ3v) is 5.09. The standard InChI is InChI=1S/C19H19NO3/c1-19(2)14-9-11(18(21)22)7-8-15(14)20-16-13-6-4-3-5-12(13)10-23-17(16)19/h3-9,16-17,20H,10H2,1-2H3,(H,21,22)/t16-,17+/m0/s1. The summed E-state index contributed by atoms with van der Waals surface area (Å²) in [4.78, 5) is 11.3. The first-order chi connectivity index (χ1) is 11.0. The number of rotatable bonds is 1. The van der Waals surface area contributed by atoms with Gasteiger partial charge < -0.3 is 15.2 Å². The number of fused-ring (bicyclic) bond motifs is 4. The zero-order valence-corrected chi connectivity index (χ0v) is 13.2. The summed E-state index contributed by atoms with van der Waals surface area (Å²) in [6.07, 6.45) is -0.0334. The topological polar surface area (TPSA) is 58.6 Å². The molecule has 118 valence electrons. The van der Waals surface area contributed by atoms with E-state index in [1.807, 2.05) is 12.1 Å². The molecule has 2 N–H and O–H groups in total. The van der Waals surface area contributed by atoms with Gasteiger partial charge in [-0.05, 0) is 34.9 Å². The van der Waals surface area contributed by atoms with Crippen LogP contribution in [0, 0.1) is 0 Å². The minimum Gasteiger partial charge on any atom is -0.478 e. The van der Waals surface area contributed by atoms with E-state index in [-0.39, 0.29) is 17.6 Å². The van der Waals surface area contributed by atoms with Crippen LogP contribution in [0.15, 0.2) is 42.5 Å². The second-order valence-electron chi connectivity index (χ2n) is 6.84. The second kappa shape index (κ2) is 4.83. The predicted octanol–water partition coefficient (Wildman–Crippen LogP) is 3.73. The predicted molar refractivity (Wildman–Crippen MR) is 87.8 cm³/mol. The van der Waals surface area contributed by atoms with Crippen LogP contribution in [0.25, 0.3) is 0 Å². The highest BCUT2D eigenvalue weighted by molar-refractivity contribution is 5.89. The Labute approximate surface area is 135 Å². The van der Waals surface area contributed by atoms with Crippen LogP contribution in [0.4, 0.5) is 5.69 Å². The Bertz CT molecular complexity index is 797. The number of anilines is 1. The highest BCUT2D eigenvalue weighted by Gasteiger charge is 2.46. The molecule has 2 aromatic carbocycles. The van der Waals surface area contributed by atoms with Crippen molar-refractivity contribution in [3.05, 3.63) is 64.7 Å². The highest BCUT2D eigenvalue weighted by Crippen LogP contribution is 2.48. The van der Waals surface area contributed by atoms with Crippen LogP contribution in [0.2, 0.25) is 0 Å². The molecule has 0 aliphatic carbocycles. The number of benzene rings is 2. The monoisotopic (exact) mass is 309 g/mol. The first kappa shape index (κ1) is 14.3. The van der Waals surface area contributed by atoms with Crippen molar-refractivity contribution in [2.24, 2.45) is 0 Å². The molecule has 0 radical (unpaired) electrons. The van der Waals surface area contributed by atoms with E-state index in [2.05, 4.69) is 37.4 Å². The SMILES string of the molecule is CC1(C)c2cc(C(=O)O)ccc2N[C@H]2c3ccccc3CO[C@H]21. The molecule has 2 heterocycles. The second-order valence-corrected chi connectivity index (χ2v) is 6.84. The summed E-state index contributed by atoms with van der Waals surface area (Å²) in [5.41, 5.74) is 4.50. The van der Waals surface area contributed by atoms with Gasteiger partial charge >= 0.3 is 5.97 Å². The molecule has 0 aromatic heterocycles. The average molecular weight is 309 g/mol. The van der Waals surface area contributed by atoms with E-state index in [1.54, 1.807) is 12.1 Å². The number of nitrogens with one attached hydrogen (secondary N) is 1. The van der Waals surface area contributed by atoms with Gasteiger partial charge in [0, 0.05) is 11.1 Å². The van der Waals surface area contributed by atoms with Gasteiger partial charge in [-0.3, -0.25) is 0 Å². The minimum absolute atomic E-state index is 0.0334. The number of hydrogen-bond donors (Lipinski definition) is 2. The lowest BCUT2D eigenvalue weighted by Crippen LogP contribution is -2.49. The lowest BCUT2D eigenvalue weighted by Gasteiger charge is -2.48. The summed E-state index contributed by atoms with van der Waals surface area (Å²) in [7, 11) is 0. The quantitative estimate of drug-likeness (QED) is 0.843. The minimum atomic E-state index is -0.902. The summed E-state index contributed by atoms with van der Waals surface area (Å²) < 4.78 is 6.17. The summed E-state index contributed by atoms with van der Waals surface area (Å²) in [5, 5.41) is 12.8. The van der Waals surface area contributed by atoms with Crippen molar-refractivity contribution < 1.29 is 14.6 Å². The number of ether oxygens (including phenoxy) is 1. The molecule has 2 atom stereocenters. The van der Waals surface area contributed by atoms with Crippen molar-refractivity contribution in [2.45, 2.75) is 38.0 Å². The van der Waals surface area contributed by atoms with Gasteiger partial charge in [0.2, 0.25) is 0 Å². The molecule has 0 fully saturated rings. The summed E-state index contributed by atoms with van der Waals surface area (Å²) in [6.45, 7) is 4.85. The largest absolute Gasteiger partial charge is 0.478 e. The van der Waals surface area contributed by atoms with Crippen molar-refractivity contribution >= 4 is 11.7 Å². The smallest absolute Gasteiger partial charge is 0.335 e. The van der Waals surface area contributed by atoms with Gasteiger partial charge in [-0.25, -0.2) is 4.79 Å². The third kappa shape index (κ3) is 2.05. The van der Waals surface area contributed by atoms with Crippen LogP contribution in [0.5, 0.6) is 0 Å². The lowest BCUT2D eigenvalue weighted by molar-refractivity contribution is -0.0324. The molecule has 4 rings (SSSR count). The number of carboxylic acids is 1. The molecule has 0 unspecified atom stereocenters. The van der Waals surface area contributed by atoms with Crippen LogP contribution in [0.3, 0.4) is 0 Å². The van der Waals surface area contributed by atoms with Crippen molar-refractivity contribution in [1.82, 2.24) is 0 Å². The zero-order chi connectivity index (χ0) is 16.2. The molecule has 2 aromatic rings. The Morgan fingerprint density at radius 2 is 2.04 bits per heavy atom. The van der Waals surface area contributed by atoms with E-state index in [0.29, 0.717) is 12.2 Å². The first-order valence-electron chi connectivity index (χ1n) is 7.82. The molecular formula is C19H19NO3. The van der Waals surface area contributed by atoms with Gasteiger partial charge in [0.15, 0.2) is 0 Å². The molecule has 2 aliphatic rings. The fourth-order valence-corrected chi connectivity index (χ4v) is 3.84. The fourth-order valence-electron chi connectivity index (χ4n) is 3.84. The molecule has 0 saturated heterocycles. The van der Waals surface area contributed by atoms with Gasteiger partial charge in [0.25, 0.3) is 0 Å². The van der Waals surface area contributed by atoms with Crippen LogP contribution in [-0.4, -0.2) is 17.2 Å². The molecule has 4 heteroatoms. The summed E-state index contributed by atoms with van der Waals surface area (Å²) in [6, 6.07) is 13.7. The summed E-state index contributed by atoms with van der Waals surface area (Å²) in [5.74, 6) is -0.902. The highest BCUT2D eigenvalue weighted by atomic mass is 16.5. The summed E-state index contributed by atoms with van der Waals surface area (Å²) >= 11 is 0. The molecule has 0 amide bonds. The number of carbonyl (C=O) groups is 1. The Kier molecular flexibility index (Phi) is 3.00. The van der Waals surface area contributed by atoms with Crippen LogP contribution in [0.1, 0.15) is 46.9 Å². The van der Waals surface area contributed by atoms with Crippen molar-refractivity contribution in [3.8, 4) is 0 Å². The molecule has 0 bridgehead atoms. The van der Waals surface area contributed by atoms with Crippen LogP contribution in [-0.2, 0) is 16.8 Å². The molecule has 2 aliphatic heterocycles. The molecule has 0 spiro atoms. The normalized spacial score (nSPS) is 23.9. The van der Waals surface area contributed by atoms with Crippen molar-refractivity contribution in [1.29, 1.82) is 0 Å². The Hall–Kier alpha value is -2.33. The van der Waals surface area contributed by atoms with E-state index < -0.39 is 5.97 Å². The molecular weight excluding hydrogens is 290 g/mol. The molecule has 23 heavy (non-hydrogen) atoms. The van der Waals surface area contributed by atoms with Crippen LogP contribution < -0.4 is 5.32 Å². The van der Waals surface area contributed by atoms with Gasteiger partial charge in [-0.15, -0.1) is 0 Å². The molecule has 4 nitrogen and oxygen atoms in total. The maximum atomic E-state index is 11.3. The Morgan fingerprint density at radius 3 is 2.83 bits per heavy atom. The van der Waals surface area contributed by atoms with Crippen molar-refractivity contribution in [2.75, 3.05) is 5.32 Å². The maximum Gasteiger partial charge on any atom is 0.335 e. The van der Waals surface area contributed by atoms with Gasteiger partial charge in [-0.1, -0.05) is 38.1 Å². The zero-order valence-electron chi connectivity index (χ0n) is 13.2. The van der Waals surface area contributed by atoms with E-state index >= 15 is 0 Å². The Morgan fingerprint density at radius 1 is 1.26 bits per heavy atom. The van der Waals surface area contributed by atoms with E-state index in [1.165, 1.54) is 11.1 Å². The van der Waals surface area contributed by atoms with E-state index in [9.17, 15) is 9.90 Å². The number of aromatic carboxylic acids is 1. The third-order valence-electron chi connectivity index (χ3n) is 5.09. The van der Waals surface area contributed by atoms with Gasteiger partial charge in [-0.2, -0.15) is 0 Å². The number of carboxylic acid groups (broad SMARTS) is 1. The van der Waals surface area contributed by atoms with Crippen molar-refractivity contribution in [3.63, 3.8) is 0 Å². The lowest BCUT2D eigenvalue weighted by atomic mass is 9.70.